The first-order valence-electron chi connectivity index (χ1n) is 6.70. The monoisotopic (exact) mass is 292 g/mol. The Morgan fingerprint density at radius 2 is 2.00 bits per heavy atom. The van der Waals surface area contributed by atoms with Crippen molar-refractivity contribution in [3.05, 3.63) is 16.1 Å². The number of thiazole rings is 1. The molecule has 0 radical (unpaired) electrons. The molecule has 2 rings (SSSR count). The molecule has 0 aliphatic heterocycles. The number of nitrogens with zero attached hydrogens (tertiary/aromatic N) is 1. The number of rotatable bonds is 3. The molecule has 1 fully saturated rings. The third kappa shape index (κ3) is 3.48. The maximum atomic E-state index is 12.5. The van der Waals surface area contributed by atoms with Crippen LogP contribution in [-0.4, -0.2) is 4.98 Å². The van der Waals surface area contributed by atoms with Gasteiger partial charge < -0.3 is 5.73 Å². The van der Waals surface area contributed by atoms with Crippen molar-refractivity contribution in [2.24, 2.45) is 17.6 Å². The molecule has 0 amide bonds. The molecular formula is C13H19F3N2S. The summed E-state index contributed by atoms with van der Waals surface area (Å²) in [5.74, 6) is 1.06. The first-order valence-corrected chi connectivity index (χ1v) is 7.52. The van der Waals surface area contributed by atoms with E-state index in [4.69, 9.17) is 5.73 Å². The molecule has 1 aromatic rings. The molecule has 19 heavy (non-hydrogen) atoms. The van der Waals surface area contributed by atoms with Crippen molar-refractivity contribution in [3.63, 3.8) is 0 Å². The van der Waals surface area contributed by atoms with Crippen molar-refractivity contribution >= 4 is 11.3 Å². The van der Waals surface area contributed by atoms with Crippen LogP contribution in [0.25, 0.3) is 0 Å². The standard InChI is InChI=1S/C13H19F3N2S/c1-2-8-3-5-9(6-4-8)11(17)10-7-18-12(19-10)13(14,15)16/h7-9,11H,2-6,17H2,1H3. The fraction of sp³-hybridized carbons (Fsp3) is 0.769. The van der Waals surface area contributed by atoms with Crippen LogP contribution in [0.4, 0.5) is 13.2 Å². The zero-order chi connectivity index (χ0) is 14.0. The quantitative estimate of drug-likeness (QED) is 0.898. The van der Waals surface area contributed by atoms with Gasteiger partial charge in [-0.25, -0.2) is 4.98 Å². The van der Waals surface area contributed by atoms with E-state index in [1.54, 1.807) is 0 Å². The van der Waals surface area contributed by atoms with Gasteiger partial charge in [0.05, 0.1) is 0 Å². The molecular weight excluding hydrogens is 273 g/mol. The van der Waals surface area contributed by atoms with Gasteiger partial charge in [-0.05, 0) is 24.7 Å². The van der Waals surface area contributed by atoms with Crippen LogP contribution in [0, 0.1) is 11.8 Å². The highest BCUT2D eigenvalue weighted by atomic mass is 32.1. The zero-order valence-electron chi connectivity index (χ0n) is 10.9. The molecule has 2 N–H and O–H groups in total. The summed E-state index contributed by atoms with van der Waals surface area (Å²) in [6, 6.07) is -0.300. The lowest BCUT2D eigenvalue weighted by atomic mass is 9.77. The van der Waals surface area contributed by atoms with E-state index in [9.17, 15) is 13.2 Å². The molecule has 1 saturated carbocycles. The van der Waals surface area contributed by atoms with Crippen molar-refractivity contribution in [1.29, 1.82) is 0 Å². The molecule has 1 heterocycles. The molecule has 0 spiro atoms. The minimum Gasteiger partial charge on any atom is -0.323 e. The summed E-state index contributed by atoms with van der Waals surface area (Å²) in [6.07, 6.45) is 2.42. The Kier molecular flexibility index (Phi) is 4.50. The molecule has 1 aromatic heterocycles. The summed E-state index contributed by atoms with van der Waals surface area (Å²) in [7, 11) is 0. The van der Waals surface area contributed by atoms with Crippen LogP contribution in [-0.2, 0) is 6.18 Å². The summed E-state index contributed by atoms with van der Waals surface area (Å²) < 4.78 is 37.5. The Morgan fingerprint density at radius 3 is 2.47 bits per heavy atom. The molecule has 2 nitrogen and oxygen atoms in total. The van der Waals surface area contributed by atoms with Crippen molar-refractivity contribution in [3.8, 4) is 0 Å². The number of hydrogen-bond acceptors (Lipinski definition) is 3. The smallest absolute Gasteiger partial charge is 0.323 e. The highest BCUT2D eigenvalue weighted by molar-refractivity contribution is 7.11. The molecule has 108 valence electrons. The lowest BCUT2D eigenvalue weighted by Gasteiger charge is -2.31. The minimum atomic E-state index is -4.36. The van der Waals surface area contributed by atoms with Gasteiger partial charge in [0.25, 0.3) is 0 Å². The highest BCUT2D eigenvalue weighted by Gasteiger charge is 2.36. The maximum absolute atomic E-state index is 12.5. The van der Waals surface area contributed by atoms with Crippen LogP contribution in [0.5, 0.6) is 0 Å². The lowest BCUT2D eigenvalue weighted by Crippen LogP contribution is -2.25. The van der Waals surface area contributed by atoms with E-state index in [1.165, 1.54) is 12.6 Å². The number of hydrogen-bond donors (Lipinski definition) is 1. The van der Waals surface area contributed by atoms with Gasteiger partial charge in [0.1, 0.15) is 0 Å². The molecule has 1 atom stereocenters. The van der Waals surface area contributed by atoms with Gasteiger partial charge in [0.2, 0.25) is 0 Å². The van der Waals surface area contributed by atoms with E-state index >= 15 is 0 Å². The fourth-order valence-electron chi connectivity index (χ4n) is 2.76. The zero-order valence-corrected chi connectivity index (χ0v) is 11.7. The second-order valence-corrected chi connectivity index (χ2v) is 6.34. The van der Waals surface area contributed by atoms with Crippen molar-refractivity contribution in [2.75, 3.05) is 0 Å². The van der Waals surface area contributed by atoms with Gasteiger partial charge in [-0.2, -0.15) is 13.2 Å². The fourth-order valence-corrected chi connectivity index (χ4v) is 3.64. The van der Waals surface area contributed by atoms with E-state index in [-0.39, 0.29) is 6.04 Å². The summed E-state index contributed by atoms with van der Waals surface area (Å²) in [5, 5.41) is -0.791. The Bertz CT molecular complexity index is 408. The molecule has 0 saturated heterocycles. The number of alkyl halides is 3. The van der Waals surface area contributed by atoms with Gasteiger partial charge in [-0.15, -0.1) is 11.3 Å². The van der Waals surface area contributed by atoms with E-state index < -0.39 is 11.2 Å². The average molecular weight is 292 g/mol. The van der Waals surface area contributed by atoms with Gasteiger partial charge in [0, 0.05) is 17.1 Å². The largest absolute Gasteiger partial charge is 0.443 e. The molecule has 6 heteroatoms. The first kappa shape index (κ1) is 14.8. The third-order valence-corrected chi connectivity index (χ3v) is 5.21. The van der Waals surface area contributed by atoms with Gasteiger partial charge in [-0.3, -0.25) is 0 Å². The Labute approximate surface area is 115 Å². The number of aromatic nitrogens is 1. The Hall–Kier alpha value is -0.620. The summed E-state index contributed by atoms with van der Waals surface area (Å²) in [6.45, 7) is 2.18. The van der Waals surface area contributed by atoms with Gasteiger partial charge in [0.15, 0.2) is 5.01 Å². The van der Waals surface area contributed by atoms with Crippen LogP contribution in [0.1, 0.15) is 55.0 Å². The molecule has 1 aliphatic rings. The Morgan fingerprint density at radius 1 is 1.37 bits per heavy atom. The second-order valence-electron chi connectivity index (χ2n) is 5.28. The topological polar surface area (TPSA) is 38.9 Å². The van der Waals surface area contributed by atoms with Crippen molar-refractivity contribution in [1.82, 2.24) is 4.98 Å². The van der Waals surface area contributed by atoms with Crippen LogP contribution in [0.3, 0.4) is 0 Å². The summed E-state index contributed by atoms with van der Waals surface area (Å²) >= 11 is 0.687. The van der Waals surface area contributed by atoms with Crippen molar-refractivity contribution in [2.45, 2.75) is 51.2 Å². The number of halogens is 3. The summed E-state index contributed by atoms with van der Waals surface area (Å²) in [5.41, 5.74) is 6.12. The minimum absolute atomic E-state index is 0.296. The highest BCUT2D eigenvalue weighted by Crippen LogP contribution is 2.40. The van der Waals surface area contributed by atoms with Crippen LogP contribution in [0.15, 0.2) is 6.20 Å². The number of nitrogens with two attached hydrogens (primary N) is 1. The van der Waals surface area contributed by atoms with Gasteiger partial charge in [-0.1, -0.05) is 26.2 Å². The maximum Gasteiger partial charge on any atom is 0.443 e. The van der Waals surface area contributed by atoms with E-state index in [2.05, 4.69) is 11.9 Å². The van der Waals surface area contributed by atoms with E-state index in [0.717, 1.165) is 31.6 Å². The normalized spacial score (nSPS) is 26.4. The predicted molar refractivity (Wildman–Crippen MR) is 69.8 cm³/mol. The van der Waals surface area contributed by atoms with E-state index in [1.807, 2.05) is 0 Å². The SMILES string of the molecule is CCC1CCC(C(N)c2cnc(C(F)(F)F)s2)CC1. The Balaban J connectivity index is 2.00. The summed E-state index contributed by atoms with van der Waals surface area (Å²) in [4.78, 5) is 4.01. The molecule has 1 unspecified atom stereocenters. The average Bonchev–Trinajstić information content (AvgIpc) is 2.87. The van der Waals surface area contributed by atoms with Crippen molar-refractivity contribution < 1.29 is 13.2 Å². The van der Waals surface area contributed by atoms with Gasteiger partial charge >= 0.3 is 6.18 Å². The predicted octanol–water partition coefficient (Wildman–Crippen LogP) is 4.38. The molecule has 0 bridgehead atoms. The molecule has 0 aromatic carbocycles. The lowest BCUT2D eigenvalue weighted by molar-refractivity contribution is -0.137. The first-order chi connectivity index (χ1) is 8.91. The third-order valence-electron chi connectivity index (χ3n) is 4.07. The van der Waals surface area contributed by atoms with Crippen LogP contribution in [0.2, 0.25) is 0 Å². The van der Waals surface area contributed by atoms with Crippen LogP contribution >= 0.6 is 11.3 Å². The molecule has 1 aliphatic carbocycles. The van der Waals surface area contributed by atoms with E-state index in [0.29, 0.717) is 22.1 Å². The van der Waals surface area contributed by atoms with Crippen LogP contribution < -0.4 is 5.73 Å². The second kappa shape index (κ2) is 5.79.